The van der Waals surface area contributed by atoms with E-state index < -0.39 is 6.10 Å². The number of ether oxygens (including phenoxy) is 1. The minimum atomic E-state index is -0.593. The van der Waals surface area contributed by atoms with Gasteiger partial charge in [0.2, 0.25) is 0 Å². The third kappa shape index (κ3) is 3.01. The maximum atomic E-state index is 12.9. The smallest absolute Gasteiger partial charge is 0.269 e. The van der Waals surface area contributed by atoms with Crippen molar-refractivity contribution in [2.24, 2.45) is 5.92 Å². The number of halogens is 2. The molecule has 1 aliphatic rings. The number of rotatable bonds is 3. The number of nitrogens with two attached hydrogens (primary N) is 1. The molecule has 3 rings (SSSR count). The zero-order valence-corrected chi connectivity index (χ0v) is 14.8. The van der Waals surface area contributed by atoms with Crippen LogP contribution < -0.4 is 15.4 Å². The van der Waals surface area contributed by atoms with Crippen LogP contribution in [0, 0.1) is 5.92 Å². The van der Waals surface area contributed by atoms with Crippen LogP contribution in [0.2, 0.25) is 10.0 Å². The predicted octanol–water partition coefficient (Wildman–Crippen LogP) is 3.92. The van der Waals surface area contributed by atoms with E-state index in [1.54, 1.807) is 30.3 Å². The second-order valence-corrected chi connectivity index (χ2v) is 6.78. The Morgan fingerprint density at radius 1 is 1.25 bits per heavy atom. The number of fused-ring (bicyclic) bond motifs is 1. The van der Waals surface area contributed by atoms with Gasteiger partial charge in [-0.3, -0.25) is 9.69 Å². The standard InChI is InChI=1S/C17H17Cl2N3O2/c1-9(2)15-17(23)22(8-10-11(18)4-3-5-12(10)19)16-13(24-15)6-7-14(20)21-16/h3-7,9,15H,8H2,1-2H3,(H2,20,21). The fourth-order valence-electron chi connectivity index (χ4n) is 2.60. The molecule has 7 heteroatoms. The largest absolute Gasteiger partial charge is 0.476 e. The van der Waals surface area contributed by atoms with E-state index in [2.05, 4.69) is 4.98 Å². The molecule has 0 fully saturated rings. The molecule has 1 unspecified atom stereocenters. The molecule has 0 spiro atoms. The van der Waals surface area contributed by atoms with Gasteiger partial charge in [-0.05, 0) is 30.2 Å². The summed E-state index contributed by atoms with van der Waals surface area (Å²) in [5.41, 5.74) is 6.44. The summed E-state index contributed by atoms with van der Waals surface area (Å²) < 4.78 is 5.81. The van der Waals surface area contributed by atoms with E-state index in [-0.39, 0.29) is 18.4 Å². The summed E-state index contributed by atoms with van der Waals surface area (Å²) in [5.74, 6) is 1.03. The molecule has 0 saturated carbocycles. The Balaban J connectivity index is 2.07. The van der Waals surface area contributed by atoms with Crippen LogP contribution in [0.25, 0.3) is 0 Å². The van der Waals surface area contributed by atoms with Gasteiger partial charge in [-0.2, -0.15) is 0 Å². The summed E-state index contributed by atoms with van der Waals surface area (Å²) in [6.07, 6.45) is -0.593. The highest BCUT2D eigenvalue weighted by molar-refractivity contribution is 6.36. The van der Waals surface area contributed by atoms with Gasteiger partial charge in [0.15, 0.2) is 17.7 Å². The Morgan fingerprint density at radius 2 is 1.92 bits per heavy atom. The number of hydrogen-bond donors (Lipinski definition) is 1. The van der Waals surface area contributed by atoms with Gasteiger partial charge in [-0.15, -0.1) is 0 Å². The van der Waals surface area contributed by atoms with Crippen molar-refractivity contribution < 1.29 is 9.53 Å². The number of nitrogen functional groups attached to an aromatic ring is 1. The van der Waals surface area contributed by atoms with Crippen LogP contribution in [-0.4, -0.2) is 17.0 Å². The number of aromatic nitrogens is 1. The lowest BCUT2D eigenvalue weighted by molar-refractivity contribution is -0.128. The minimum Gasteiger partial charge on any atom is -0.476 e. The number of carbonyl (C=O) groups excluding carboxylic acids is 1. The van der Waals surface area contributed by atoms with Crippen LogP contribution in [-0.2, 0) is 11.3 Å². The van der Waals surface area contributed by atoms with Crippen LogP contribution in [0.1, 0.15) is 19.4 Å². The Kier molecular flexibility index (Phi) is 4.56. The van der Waals surface area contributed by atoms with Gasteiger partial charge in [-0.1, -0.05) is 43.1 Å². The lowest BCUT2D eigenvalue weighted by Crippen LogP contribution is -2.48. The van der Waals surface area contributed by atoms with Gasteiger partial charge in [0.1, 0.15) is 5.82 Å². The average molecular weight is 366 g/mol. The lowest BCUT2D eigenvalue weighted by Gasteiger charge is -2.35. The van der Waals surface area contributed by atoms with Crippen molar-refractivity contribution >= 4 is 40.7 Å². The number of benzene rings is 1. The van der Waals surface area contributed by atoms with Gasteiger partial charge in [0, 0.05) is 15.6 Å². The summed E-state index contributed by atoms with van der Waals surface area (Å²) in [7, 11) is 0. The van der Waals surface area contributed by atoms with Crippen molar-refractivity contribution in [3.05, 3.63) is 45.9 Å². The molecule has 2 N–H and O–H groups in total. The van der Waals surface area contributed by atoms with Crippen LogP contribution >= 0.6 is 23.2 Å². The first-order valence-corrected chi connectivity index (χ1v) is 8.31. The van der Waals surface area contributed by atoms with E-state index in [9.17, 15) is 4.79 Å². The predicted molar refractivity (Wildman–Crippen MR) is 95.6 cm³/mol. The summed E-state index contributed by atoms with van der Waals surface area (Å²) in [6, 6.07) is 8.60. The molecular weight excluding hydrogens is 349 g/mol. The molecule has 126 valence electrons. The van der Waals surface area contributed by atoms with E-state index in [0.29, 0.717) is 33.0 Å². The molecule has 2 heterocycles. The summed E-state index contributed by atoms with van der Waals surface area (Å²) >= 11 is 12.5. The normalized spacial score (nSPS) is 17.0. The van der Waals surface area contributed by atoms with Crippen molar-refractivity contribution in [1.29, 1.82) is 0 Å². The van der Waals surface area contributed by atoms with E-state index in [1.165, 1.54) is 4.90 Å². The van der Waals surface area contributed by atoms with Crippen molar-refractivity contribution in [3.8, 4) is 5.75 Å². The van der Waals surface area contributed by atoms with Gasteiger partial charge >= 0.3 is 0 Å². The monoisotopic (exact) mass is 365 g/mol. The molecule has 0 bridgehead atoms. The molecule has 1 atom stereocenters. The second kappa shape index (κ2) is 6.49. The zero-order chi connectivity index (χ0) is 17.4. The second-order valence-electron chi connectivity index (χ2n) is 5.96. The highest BCUT2D eigenvalue weighted by Crippen LogP contribution is 2.37. The van der Waals surface area contributed by atoms with Crippen LogP contribution in [0.15, 0.2) is 30.3 Å². The number of anilines is 2. The fourth-order valence-corrected chi connectivity index (χ4v) is 3.11. The molecule has 2 aromatic rings. The van der Waals surface area contributed by atoms with Crippen LogP contribution in [0.4, 0.5) is 11.6 Å². The summed E-state index contributed by atoms with van der Waals surface area (Å²) in [6.45, 7) is 4.06. The molecule has 1 aromatic heterocycles. The molecule has 24 heavy (non-hydrogen) atoms. The maximum absolute atomic E-state index is 12.9. The van der Waals surface area contributed by atoms with E-state index in [1.807, 2.05) is 13.8 Å². The molecular formula is C17H17Cl2N3O2. The van der Waals surface area contributed by atoms with Crippen LogP contribution in [0.5, 0.6) is 5.75 Å². The Hall–Kier alpha value is -1.98. The number of pyridine rings is 1. The number of amides is 1. The fraction of sp³-hybridized carbons (Fsp3) is 0.294. The molecule has 0 aliphatic carbocycles. The molecule has 1 aromatic carbocycles. The lowest BCUT2D eigenvalue weighted by atomic mass is 10.0. The van der Waals surface area contributed by atoms with Crippen molar-refractivity contribution in [2.45, 2.75) is 26.5 Å². The Labute approximate surface area is 150 Å². The van der Waals surface area contributed by atoms with Gasteiger partial charge in [0.25, 0.3) is 5.91 Å². The first kappa shape index (κ1) is 16.9. The maximum Gasteiger partial charge on any atom is 0.269 e. The van der Waals surface area contributed by atoms with Gasteiger partial charge in [0.05, 0.1) is 6.54 Å². The molecule has 1 aliphatic heterocycles. The highest BCUT2D eigenvalue weighted by atomic mass is 35.5. The minimum absolute atomic E-state index is 0.00687. The summed E-state index contributed by atoms with van der Waals surface area (Å²) in [5, 5.41) is 0.988. The van der Waals surface area contributed by atoms with Gasteiger partial charge in [-0.25, -0.2) is 4.98 Å². The molecule has 5 nitrogen and oxygen atoms in total. The zero-order valence-electron chi connectivity index (χ0n) is 13.3. The summed E-state index contributed by atoms with van der Waals surface area (Å²) in [4.78, 5) is 18.7. The quantitative estimate of drug-likeness (QED) is 0.894. The van der Waals surface area contributed by atoms with Crippen molar-refractivity contribution in [3.63, 3.8) is 0 Å². The number of nitrogens with zero attached hydrogens (tertiary/aromatic N) is 2. The number of carbonyl (C=O) groups is 1. The van der Waals surface area contributed by atoms with Crippen LogP contribution in [0.3, 0.4) is 0 Å². The van der Waals surface area contributed by atoms with Crippen molar-refractivity contribution in [2.75, 3.05) is 10.6 Å². The highest BCUT2D eigenvalue weighted by Gasteiger charge is 2.37. The molecule has 0 saturated heterocycles. The Bertz CT molecular complexity index is 775. The molecule has 0 radical (unpaired) electrons. The van der Waals surface area contributed by atoms with E-state index in [4.69, 9.17) is 33.7 Å². The number of hydrogen-bond acceptors (Lipinski definition) is 4. The average Bonchev–Trinajstić information content (AvgIpc) is 2.52. The first-order valence-electron chi connectivity index (χ1n) is 7.56. The van der Waals surface area contributed by atoms with Gasteiger partial charge < -0.3 is 10.5 Å². The first-order chi connectivity index (χ1) is 11.4. The van der Waals surface area contributed by atoms with Crippen molar-refractivity contribution in [1.82, 2.24) is 4.98 Å². The Morgan fingerprint density at radius 3 is 2.54 bits per heavy atom. The van der Waals surface area contributed by atoms with E-state index in [0.717, 1.165) is 0 Å². The molecule has 1 amide bonds. The third-order valence-corrected chi connectivity index (χ3v) is 4.57. The third-order valence-electron chi connectivity index (χ3n) is 3.86. The SMILES string of the molecule is CC(C)C1Oc2ccc(N)nc2N(Cc2c(Cl)cccc2Cl)C1=O. The topological polar surface area (TPSA) is 68.5 Å². The van der Waals surface area contributed by atoms with E-state index >= 15 is 0 Å².